The topological polar surface area (TPSA) is 342 Å². The predicted molar refractivity (Wildman–Crippen MR) is 430 cm³/mol. The molecule has 12 heterocycles. The maximum atomic E-state index is 13.8. The minimum absolute atomic E-state index is 0.0143. The first-order chi connectivity index (χ1) is 59.5. The monoisotopic (exact) mass is 1740 g/mol. The molecule has 0 bridgehead atoms. The van der Waals surface area contributed by atoms with Crippen LogP contribution in [0.3, 0.4) is 0 Å². The Morgan fingerprint density at radius 1 is 0.366 bits per heavy atom. The van der Waals surface area contributed by atoms with Crippen LogP contribution < -0.4 is 39.0 Å². The normalized spacial score (nSPS) is 12.9. The van der Waals surface area contributed by atoms with E-state index in [-0.39, 0.29) is 79.5 Å². The number of anilines is 7. The number of nitrogens with zero attached hydrogens (tertiary/aromatic N) is 11. The Kier molecular flexibility index (Phi) is 23.0. The van der Waals surface area contributed by atoms with Crippen molar-refractivity contribution in [2.75, 3.05) is 86.8 Å². The van der Waals surface area contributed by atoms with Gasteiger partial charge in [0.25, 0.3) is 0 Å². The molecule has 0 aliphatic carbocycles. The number of rotatable bonds is 11. The summed E-state index contributed by atoms with van der Waals surface area (Å²) in [7, 11) is 2.54. The summed E-state index contributed by atoms with van der Waals surface area (Å²) in [5, 5.41) is 22.5. The van der Waals surface area contributed by atoms with E-state index >= 15 is 0 Å². The number of methoxy groups -OCH3 is 2. The molecule has 4 aliphatic rings. The number of hydrogen-bond donors (Lipinski definition) is 3. The summed E-state index contributed by atoms with van der Waals surface area (Å²) >= 11 is 3.19. The van der Waals surface area contributed by atoms with Crippen molar-refractivity contribution >= 4 is 124 Å². The maximum Gasteiger partial charge on any atom is 0.338 e. The van der Waals surface area contributed by atoms with Gasteiger partial charge in [-0.1, -0.05) is 0 Å². The van der Waals surface area contributed by atoms with E-state index in [4.69, 9.17) is 46.1 Å². The zero-order chi connectivity index (χ0) is 85.9. The van der Waals surface area contributed by atoms with E-state index in [1.807, 2.05) is 0 Å². The number of halogens is 9. The fourth-order valence-corrected chi connectivity index (χ4v) is 13.6. The number of oxazole rings is 4. The molecule has 0 fully saturated rings. The van der Waals surface area contributed by atoms with Crippen LogP contribution in [0.1, 0.15) is 41.4 Å². The summed E-state index contributed by atoms with van der Waals surface area (Å²) in [5.41, 5.74) is 5.98. The second-order valence-electron chi connectivity index (χ2n) is 26.7. The summed E-state index contributed by atoms with van der Waals surface area (Å²) in [6, 6.07) is 38.4. The van der Waals surface area contributed by atoms with Crippen LogP contribution in [0.2, 0.25) is 0 Å². The molecule has 16 aromatic rings. The average molecular weight is 1750 g/mol. The minimum atomic E-state index is -1.21. The number of aromatic nitrogens is 8. The highest BCUT2D eigenvalue weighted by molar-refractivity contribution is 9.10. The number of hydrogen-bond acceptors (Lipinski definition) is 26. The lowest BCUT2D eigenvalue weighted by Crippen LogP contribution is -2.29. The first-order valence-corrected chi connectivity index (χ1v) is 37.6. The minimum Gasteiger partial charge on any atom is -0.490 e. The fraction of sp³-hybridized carbons (Fsp3) is 0.116. The molecule has 123 heavy (non-hydrogen) atoms. The zero-order valence-corrected chi connectivity index (χ0v) is 65.1. The molecular weight excluding hydrogens is 1690 g/mol. The first-order valence-electron chi connectivity index (χ1n) is 36.8. The third-order valence-corrected chi connectivity index (χ3v) is 19.4. The van der Waals surface area contributed by atoms with Crippen LogP contribution in [0.5, 0.6) is 23.0 Å². The molecule has 0 radical (unpaired) electrons. The summed E-state index contributed by atoms with van der Waals surface area (Å²) in [5.74, 6) is -3.46. The molecule has 37 heteroatoms. The fourth-order valence-electron chi connectivity index (χ4n) is 13.3. The number of carbonyl (C=O) groups excluding carboxylic acids is 2. The van der Waals surface area contributed by atoms with Gasteiger partial charge in [-0.2, -0.15) is 0 Å². The van der Waals surface area contributed by atoms with Crippen molar-refractivity contribution in [1.82, 2.24) is 39.9 Å². The van der Waals surface area contributed by atoms with Gasteiger partial charge in [-0.3, -0.25) is 0 Å². The van der Waals surface area contributed by atoms with Gasteiger partial charge < -0.3 is 76.3 Å². The van der Waals surface area contributed by atoms with E-state index in [0.29, 0.717) is 141 Å². The van der Waals surface area contributed by atoms with Gasteiger partial charge >= 0.3 is 23.9 Å². The quantitative estimate of drug-likeness (QED) is 0.0615. The number of carboxylic acids is 2. The van der Waals surface area contributed by atoms with Crippen molar-refractivity contribution in [3.8, 4) is 68.8 Å². The van der Waals surface area contributed by atoms with E-state index in [1.165, 1.54) is 197 Å². The summed E-state index contributed by atoms with van der Waals surface area (Å²) in [6.45, 7) is 3.57. The molecule has 4 aliphatic heterocycles. The average Bonchev–Trinajstić information content (AvgIpc) is 1.77. The van der Waals surface area contributed by atoms with Crippen LogP contribution in [-0.2, 0) is 9.47 Å². The van der Waals surface area contributed by atoms with Gasteiger partial charge in [0.15, 0.2) is 22.3 Å². The predicted octanol–water partition coefficient (Wildman–Crippen LogP) is 18.5. The number of carboxylic acid groups (broad SMARTS) is 2. The van der Waals surface area contributed by atoms with Gasteiger partial charge in [-0.25, -0.2) is 94.2 Å². The van der Waals surface area contributed by atoms with Crippen LogP contribution in [0.4, 0.5) is 75.3 Å². The Morgan fingerprint density at radius 2 is 0.659 bits per heavy atom. The summed E-state index contributed by atoms with van der Waals surface area (Å²) < 4.78 is 162. The molecular formula is C86H57BrF8N12O16. The zero-order valence-electron chi connectivity index (χ0n) is 63.6. The van der Waals surface area contributed by atoms with E-state index < -0.39 is 64.6 Å². The van der Waals surface area contributed by atoms with Gasteiger partial charge in [0, 0.05) is 79.9 Å². The molecule has 0 atom stereocenters. The number of carbonyl (C=O) groups is 4. The van der Waals surface area contributed by atoms with Crippen LogP contribution in [-0.4, -0.2) is 141 Å². The lowest BCUT2D eigenvalue weighted by atomic mass is 10.1. The van der Waals surface area contributed by atoms with E-state index in [9.17, 15) is 64.5 Å². The summed E-state index contributed by atoms with van der Waals surface area (Å²) in [4.78, 5) is 87.6. The van der Waals surface area contributed by atoms with Crippen molar-refractivity contribution in [2.45, 2.75) is 0 Å². The molecule has 0 saturated carbocycles. The molecule has 3 N–H and O–H groups in total. The Balaban J connectivity index is 0.000000117. The largest absolute Gasteiger partial charge is 0.490 e. The second kappa shape index (κ2) is 34.8. The third kappa shape index (κ3) is 17.5. The molecule has 0 amide bonds. The number of nitrogens with one attached hydrogen (secondary N) is 1. The molecule has 28 nitrogen and oxygen atoms in total. The first kappa shape index (κ1) is 81.2. The van der Waals surface area contributed by atoms with E-state index in [0.717, 1.165) is 18.0 Å². The van der Waals surface area contributed by atoms with Gasteiger partial charge in [-0.15, -0.1) is 0 Å². The van der Waals surface area contributed by atoms with Crippen LogP contribution in [0, 0.1) is 46.5 Å². The number of esters is 2. The highest BCUT2D eigenvalue weighted by Crippen LogP contribution is 2.43. The van der Waals surface area contributed by atoms with E-state index in [2.05, 4.69) is 61.1 Å². The van der Waals surface area contributed by atoms with Crippen LogP contribution in [0.25, 0.3) is 90.2 Å². The lowest BCUT2D eigenvalue weighted by Gasteiger charge is -2.30. The molecule has 8 aromatic heterocycles. The number of ether oxygens (including phenoxy) is 6. The smallest absolute Gasteiger partial charge is 0.338 e. The molecule has 8 aromatic carbocycles. The SMILES string of the molecule is COC(=O)c1cc(Br)ncc1-c1nc2ccc(F)cc2o1.COC(=O)c1cc(N2CCOc3ccc(F)cc32)ncc1-c1nc2ccc(F)cc2o1.Fc1ccc2c(c1)NCCO2.O=C(O)c1cc(N2CCOc3ccc(F)cc32)ncc1-c1nc2ccc(F)cc2o1.O=C(O)c1cc(N2CCOc3ccc(F)cc32)ncc1-c1nc2ccc(F)cc2o1. The van der Waals surface area contributed by atoms with Crippen molar-refractivity contribution < 1.29 is 111 Å². The standard InChI is InChI=1S/C22H15F2N3O4.2C21H13F2N3O4.C14H8BrFN2O3.C8H8FNO/c1-29-22(28)14-10-20(27-6-7-30-18-5-3-12(23)8-17(18)27)25-11-15(14)21-26-16-4-2-13(24)9-19(16)31-21;2*22-11-2-4-17-16(7-11)26(5-6-29-17)19-9-13(21(27)28)14(10-24-19)20-25-15-3-1-12(23)8-18(15)30-20;1-20-14(19)8-5-12(15)17-6-9(8)13-18-10-3-2-7(16)4-11(10)21-13;9-6-1-2-8-7(5-6)10-3-4-11-8/h2-5,8-11H,6-7H2,1H3;2*1-4,7-10H,5-6H2,(H,27,28);2-6H,1H3;1-2,5,10H,3-4H2. The maximum absolute atomic E-state index is 13.8. The molecule has 0 saturated heterocycles. The third-order valence-electron chi connectivity index (χ3n) is 18.9. The summed E-state index contributed by atoms with van der Waals surface area (Å²) in [6.07, 6.45) is 5.52. The Bertz CT molecular complexity index is 6640. The Labute approximate surface area is 695 Å². The number of aromatic carboxylic acids is 2. The van der Waals surface area contributed by atoms with Crippen molar-refractivity contribution in [3.63, 3.8) is 0 Å². The highest BCUT2D eigenvalue weighted by Gasteiger charge is 2.31. The van der Waals surface area contributed by atoms with Gasteiger partial charge in [0.1, 0.15) is 140 Å². The van der Waals surface area contributed by atoms with Crippen molar-refractivity contribution in [2.24, 2.45) is 0 Å². The molecule has 0 unspecified atom stereocenters. The Morgan fingerprint density at radius 3 is 1.01 bits per heavy atom. The molecule has 20 rings (SSSR count). The number of fused-ring (bicyclic) bond motifs is 8. The molecule has 620 valence electrons. The number of pyridine rings is 4. The van der Waals surface area contributed by atoms with Crippen molar-refractivity contribution in [1.29, 1.82) is 0 Å². The Hall–Kier alpha value is -15.6. The van der Waals surface area contributed by atoms with E-state index in [1.54, 1.807) is 26.8 Å². The lowest BCUT2D eigenvalue weighted by molar-refractivity contribution is 0.0592. The van der Waals surface area contributed by atoms with Crippen molar-refractivity contribution in [3.05, 3.63) is 268 Å². The van der Waals surface area contributed by atoms with Crippen LogP contribution >= 0.6 is 15.9 Å². The number of benzene rings is 8. The second-order valence-corrected chi connectivity index (χ2v) is 27.5. The van der Waals surface area contributed by atoms with Gasteiger partial charge in [-0.05, 0) is 137 Å². The van der Waals surface area contributed by atoms with Gasteiger partial charge in [0.05, 0.1) is 101 Å². The molecule has 0 spiro atoms. The highest BCUT2D eigenvalue weighted by atomic mass is 79.9. The van der Waals surface area contributed by atoms with Gasteiger partial charge in [0.2, 0.25) is 23.6 Å². The van der Waals surface area contributed by atoms with Crippen LogP contribution in [0.15, 0.2) is 217 Å².